The molecule has 0 bridgehead atoms. The second kappa shape index (κ2) is 3.93. The van der Waals surface area contributed by atoms with E-state index in [-0.39, 0.29) is 11.9 Å². The molecule has 0 amide bonds. The molecule has 0 aliphatic heterocycles. The Bertz CT molecular complexity index is 364. The molecule has 2 rings (SSSR count). The van der Waals surface area contributed by atoms with Gasteiger partial charge in [0.15, 0.2) is 6.20 Å². The highest BCUT2D eigenvalue weighted by molar-refractivity contribution is 5.08. The first-order valence-corrected chi connectivity index (χ1v) is 4.98. The average molecular weight is 211 g/mol. The van der Waals surface area contributed by atoms with Crippen LogP contribution in [0.5, 0.6) is 0 Å². The lowest BCUT2D eigenvalue weighted by atomic mass is 10.1. The predicted molar refractivity (Wildman–Crippen MR) is 52.1 cm³/mol. The zero-order chi connectivity index (χ0) is 10.8. The lowest BCUT2D eigenvalue weighted by Gasteiger charge is -2.13. The fourth-order valence-electron chi connectivity index (χ4n) is 2.11. The van der Waals surface area contributed by atoms with E-state index in [0.717, 1.165) is 19.3 Å². The monoisotopic (exact) mass is 211 g/mol. The SMILES string of the molecule is NCC1CCCC1n1ncc([N+](=O)[O-])n1. The van der Waals surface area contributed by atoms with Crippen molar-refractivity contribution in [3.63, 3.8) is 0 Å². The van der Waals surface area contributed by atoms with Crippen LogP contribution >= 0.6 is 0 Å². The first kappa shape index (κ1) is 10.0. The Kier molecular flexibility index (Phi) is 2.63. The van der Waals surface area contributed by atoms with Gasteiger partial charge in [-0.15, -0.1) is 5.10 Å². The van der Waals surface area contributed by atoms with Gasteiger partial charge in [0.1, 0.15) is 0 Å². The molecular weight excluding hydrogens is 198 g/mol. The van der Waals surface area contributed by atoms with Gasteiger partial charge in [-0.05, 0) is 30.2 Å². The largest absolute Gasteiger partial charge is 0.410 e. The summed E-state index contributed by atoms with van der Waals surface area (Å²) in [5, 5.41) is 18.2. The highest BCUT2D eigenvalue weighted by atomic mass is 16.6. The Morgan fingerprint density at radius 2 is 2.47 bits per heavy atom. The van der Waals surface area contributed by atoms with E-state index in [1.54, 1.807) is 0 Å². The van der Waals surface area contributed by atoms with E-state index in [9.17, 15) is 10.1 Å². The predicted octanol–water partition coefficient (Wildman–Crippen LogP) is 0.486. The van der Waals surface area contributed by atoms with Gasteiger partial charge in [0.25, 0.3) is 0 Å². The molecule has 1 heterocycles. The molecule has 1 aliphatic rings. The van der Waals surface area contributed by atoms with Gasteiger partial charge in [-0.25, -0.2) is 0 Å². The molecule has 0 aromatic carbocycles. The molecule has 1 saturated carbocycles. The number of nitrogens with two attached hydrogens (primary N) is 1. The third-order valence-electron chi connectivity index (χ3n) is 2.90. The Balaban J connectivity index is 2.18. The van der Waals surface area contributed by atoms with E-state index in [0.29, 0.717) is 12.5 Å². The van der Waals surface area contributed by atoms with Crippen LogP contribution in [-0.2, 0) is 0 Å². The zero-order valence-corrected chi connectivity index (χ0v) is 8.24. The maximum atomic E-state index is 10.4. The third kappa shape index (κ3) is 1.82. The van der Waals surface area contributed by atoms with Gasteiger partial charge < -0.3 is 15.8 Å². The van der Waals surface area contributed by atoms with Crippen LogP contribution in [-0.4, -0.2) is 26.5 Å². The topological polar surface area (TPSA) is 99.9 Å². The van der Waals surface area contributed by atoms with Crippen molar-refractivity contribution in [2.24, 2.45) is 11.7 Å². The minimum atomic E-state index is -0.532. The molecule has 7 heteroatoms. The fraction of sp³-hybridized carbons (Fsp3) is 0.750. The number of hydrogen-bond donors (Lipinski definition) is 1. The van der Waals surface area contributed by atoms with Gasteiger partial charge in [0.2, 0.25) is 0 Å². The van der Waals surface area contributed by atoms with Crippen LogP contribution in [0.2, 0.25) is 0 Å². The fourth-order valence-corrected chi connectivity index (χ4v) is 2.11. The van der Waals surface area contributed by atoms with Crippen molar-refractivity contribution in [3.8, 4) is 0 Å². The van der Waals surface area contributed by atoms with E-state index in [2.05, 4.69) is 10.2 Å². The first-order chi connectivity index (χ1) is 7.22. The minimum absolute atomic E-state index is 0.128. The highest BCUT2D eigenvalue weighted by Crippen LogP contribution is 2.34. The molecule has 1 aromatic rings. The van der Waals surface area contributed by atoms with Crippen LogP contribution in [0.3, 0.4) is 0 Å². The molecule has 2 atom stereocenters. The van der Waals surface area contributed by atoms with E-state index >= 15 is 0 Å². The van der Waals surface area contributed by atoms with E-state index in [4.69, 9.17) is 5.73 Å². The Morgan fingerprint density at radius 1 is 1.67 bits per heavy atom. The van der Waals surface area contributed by atoms with Gasteiger partial charge >= 0.3 is 5.82 Å². The molecule has 1 fully saturated rings. The van der Waals surface area contributed by atoms with E-state index < -0.39 is 4.92 Å². The van der Waals surface area contributed by atoms with Crippen LogP contribution < -0.4 is 5.73 Å². The summed E-state index contributed by atoms with van der Waals surface area (Å²) in [7, 11) is 0. The molecule has 0 saturated heterocycles. The summed E-state index contributed by atoms with van der Waals surface area (Å²) in [6.45, 7) is 0.583. The van der Waals surface area contributed by atoms with Crippen molar-refractivity contribution >= 4 is 5.82 Å². The molecule has 7 nitrogen and oxygen atoms in total. The normalized spacial score (nSPS) is 25.7. The molecule has 0 spiro atoms. The minimum Gasteiger partial charge on any atom is -0.358 e. The van der Waals surface area contributed by atoms with Crippen LogP contribution in [0.25, 0.3) is 0 Å². The van der Waals surface area contributed by atoms with Crippen LogP contribution in [0.15, 0.2) is 6.20 Å². The number of nitro groups is 1. The van der Waals surface area contributed by atoms with Crippen molar-refractivity contribution < 1.29 is 4.92 Å². The number of aromatic nitrogens is 3. The number of hydrogen-bond acceptors (Lipinski definition) is 5. The summed E-state index contributed by atoms with van der Waals surface area (Å²) in [5.41, 5.74) is 5.63. The second-order valence-electron chi connectivity index (χ2n) is 3.77. The second-order valence-corrected chi connectivity index (χ2v) is 3.77. The molecule has 1 aromatic heterocycles. The van der Waals surface area contributed by atoms with Crippen molar-refractivity contribution in [2.45, 2.75) is 25.3 Å². The van der Waals surface area contributed by atoms with Crippen LogP contribution in [0.1, 0.15) is 25.3 Å². The van der Waals surface area contributed by atoms with Gasteiger partial charge in [0.05, 0.1) is 11.1 Å². The van der Waals surface area contributed by atoms with Gasteiger partial charge in [-0.1, -0.05) is 11.2 Å². The van der Waals surface area contributed by atoms with Crippen molar-refractivity contribution in [3.05, 3.63) is 16.3 Å². The number of rotatable bonds is 3. The summed E-state index contributed by atoms with van der Waals surface area (Å²) in [6.07, 6.45) is 4.28. The smallest absolute Gasteiger partial charge is 0.358 e. The third-order valence-corrected chi connectivity index (χ3v) is 2.90. The van der Waals surface area contributed by atoms with Crippen LogP contribution in [0, 0.1) is 16.0 Å². The standard InChI is InChI=1S/C8H13N5O2/c9-4-6-2-1-3-7(6)12-10-5-8(11-12)13(14)15/h5-7H,1-4,9H2. The molecule has 82 valence electrons. The summed E-state index contributed by atoms with van der Waals surface area (Å²) in [4.78, 5) is 11.4. The molecule has 2 unspecified atom stereocenters. The van der Waals surface area contributed by atoms with Crippen LogP contribution in [0.4, 0.5) is 5.82 Å². The van der Waals surface area contributed by atoms with Gasteiger partial charge in [0, 0.05) is 0 Å². The molecule has 15 heavy (non-hydrogen) atoms. The Hall–Kier alpha value is -1.50. The van der Waals surface area contributed by atoms with Gasteiger partial charge in [-0.2, -0.15) is 0 Å². The van der Waals surface area contributed by atoms with Crippen molar-refractivity contribution in [2.75, 3.05) is 6.54 Å². The molecule has 2 N–H and O–H groups in total. The average Bonchev–Trinajstić information content (AvgIpc) is 2.85. The maximum Gasteiger partial charge on any atom is 0.410 e. The Labute approximate surface area is 86.4 Å². The molecule has 0 radical (unpaired) electrons. The summed E-state index contributed by atoms with van der Waals surface area (Å²) < 4.78 is 0. The summed E-state index contributed by atoms with van der Waals surface area (Å²) in [5.74, 6) is 0.148. The zero-order valence-electron chi connectivity index (χ0n) is 8.24. The lowest BCUT2D eigenvalue weighted by Crippen LogP contribution is -2.23. The van der Waals surface area contributed by atoms with Gasteiger partial charge in [-0.3, -0.25) is 0 Å². The van der Waals surface area contributed by atoms with E-state index in [1.165, 1.54) is 11.0 Å². The highest BCUT2D eigenvalue weighted by Gasteiger charge is 2.32. The first-order valence-electron chi connectivity index (χ1n) is 4.98. The number of nitrogens with zero attached hydrogens (tertiary/aromatic N) is 4. The lowest BCUT2D eigenvalue weighted by molar-refractivity contribution is -0.389. The molecule has 1 aliphatic carbocycles. The quantitative estimate of drug-likeness (QED) is 0.579. The van der Waals surface area contributed by atoms with E-state index in [1.807, 2.05) is 0 Å². The summed E-state index contributed by atoms with van der Waals surface area (Å²) >= 11 is 0. The summed E-state index contributed by atoms with van der Waals surface area (Å²) in [6, 6.07) is 0.128. The Morgan fingerprint density at radius 3 is 3.07 bits per heavy atom. The van der Waals surface area contributed by atoms with Crippen molar-refractivity contribution in [1.29, 1.82) is 0 Å². The maximum absolute atomic E-state index is 10.4. The van der Waals surface area contributed by atoms with Crippen molar-refractivity contribution in [1.82, 2.24) is 15.0 Å². The molecular formula is C8H13N5O2.